The maximum atomic E-state index is 11.5. The lowest BCUT2D eigenvalue weighted by Gasteiger charge is -2.15. The van der Waals surface area contributed by atoms with E-state index in [0.29, 0.717) is 25.7 Å². The summed E-state index contributed by atoms with van der Waals surface area (Å²) in [7, 11) is 0. The van der Waals surface area contributed by atoms with Crippen molar-refractivity contribution in [2.75, 3.05) is 0 Å². The Morgan fingerprint density at radius 1 is 1.56 bits per heavy atom. The van der Waals surface area contributed by atoms with Gasteiger partial charge in [0.1, 0.15) is 0 Å². The average molecular weight is 226 g/mol. The molecule has 0 aromatic carbocycles. The number of amides is 1. The monoisotopic (exact) mass is 226 g/mol. The van der Waals surface area contributed by atoms with E-state index in [9.17, 15) is 9.59 Å². The number of rotatable bonds is 5. The van der Waals surface area contributed by atoms with Gasteiger partial charge in [-0.2, -0.15) is 0 Å². The first-order valence-corrected chi connectivity index (χ1v) is 5.44. The zero-order chi connectivity index (χ0) is 12.1. The predicted molar refractivity (Wildman–Crippen MR) is 59.7 cm³/mol. The standard InChI is InChI=1S/C11H18N2O3/c1-2-3-9(12)10(14)13-8-5-4-7(6-8)11(15)16/h2,7-9H,1,3-6,12H2,(H,13,14)(H,15,16). The van der Waals surface area contributed by atoms with E-state index in [-0.39, 0.29) is 17.9 Å². The molecule has 0 aliphatic heterocycles. The van der Waals surface area contributed by atoms with Crippen molar-refractivity contribution in [1.82, 2.24) is 5.32 Å². The fourth-order valence-corrected chi connectivity index (χ4v) is 1.93. The number of nitrogens with two attached hydrogens (primary N) is 1. The van der Waals surface area contributed by atoms with Crippen LogP contribution in [0.5, 0.6) is 0 Å². The molecule has 0 saturated heterocycles. The fourth-order valence-electron chi connectivity index (χ4n) is 1.93. The summed E-state index contributed by atoms with van der Waals surface area (Å²) in [5.41, 5.74) is 5.60. The Labute approximate surface area is 94.7 Å². The number of hydrogen-bond acceptors (Lipinski definition) is 3. The van der Waals surface area contributed by atoms with Gasteiger partial charge in [0.15, 0.2) is 0 Å². The van der Waals surface area contributed by atoms with Crippen LogP contribution in [0.25, 0.3) is 0 Å². The lowest BCUT2D eigenvalue weighted by Crippen LogP contribution is -2.44. The Balaban J connectivity index is 2.36. The van der Waals surface area contributed by atoms with Crippen molar-refractivity contribution in [3.05, 3.63) is 12.7 Å². The molecule has 0 aromatic rings. The third-order valence-corrected chi connectivity index (χ3v) is 2.89. The Morgan fingerprint density at radius 3 is 2.75 bits per heavy atom. The largest absolute Gasteiger partial charge is 0.481 e. The van der Waals surface area contributed by atoms with Crippen LogP contribution < -0.4 is 11.1 Å². The van der Waals surface area contributed by atoms with E-state index >= 15 is 0 Å². The Bertz CT molecular complexity index is 291. The molecular weight excluding hydrogens is 208 g/mol. The molecule has 3 unspecified atom stereocenters. The normalized spacial score (nSPS) is 26.1. The van der Waals surface area contributed by atoms with E-state index in [1.54, 1.807) is 6.08 Å². The van der Waals surface area contributed by atoms with Gasteiger partial charge in [-0.15, -0.1) is 6.58 Å². The zero-order valence-electron chi connectivity index (χ0n) is 9.19. The van der Waals surface area contributed by atoms with Crippen molar-refractivity contribution in [3.63, 3.8) is 0 Å². The van der Waals surface area contributed by atoms with Crippen LogP contribution in [0.1, 0.15) is 25.7 Å². The highest BCUT2D eigenvalue weighted by Crippen LogP contribution is 2.25. The first kappa shape index (κ1) is 12.7. The van der Waals surface area contributed by atoms with Gasteiger partial charge < -0.3 is 16.2 Å². The maximum Gasteiger partial charge on any atom is 0.306 e. The van der Waals surface area contributed by atoms with Crippen LogP contribution in [0.4, 0.5) is 0 Å². The van der Waals surface area contributed by atoms with Gasteiger partial charge in [-0.25, -0.2) is 0 Å². The summed E-state index contributed by atoms with van der Waals surface area (Å²) in [4.78, 5) is 22.3. The summed E-state index contributed by atoms with van der Waals surface area (Å²) in [6, 6.07) is -0.633. The number of nitrogens with one attached hydrogen (secondary N) is 1. The van der Waals surface area contributed by atoms with Crippen molar-refractivity contribution >= 4 is 11.9 Å². The molecule has 0 heterocycles. The number of hydrogen-bond donors (Lipinski definition) is 3. The topological polar surface area (TPSA) is 92.4 Å². The first-order chi connectivity index (χ1) is 7.54. The Hall–Kier alpha value is -1.36. The summed E-state index contributed by atoms with van der Waals surface area (Å²) >= 11 is 0. The molecule has 1 fully saturated rings. The number of carboxylic acid groups (broad SMARTS) is 1. The van der Waals surface area contributed by atoms with Crippen molar-refractivity contribution in [1.29, 1.82) is 0 Å². The van der Waals surface area contributed by atoms with Crippen molar-refractivity contribution in [2.24, 2.45) is 11.7 Å². The van der Waals surface area contributed by atoms with Gasteiger partial charge in [0.05, 0.1) is 12.0 Å². The molecule has 90 valence electrons. The van der Waals surface area contributed by atoms with Gasteiger partial charge in [-0.05, 0) is 25.7 Å². The quantitative estimate of drug-likeness (QED) is 0.586. The molecule has 0 aromatic heterocycles. The van der Waals surface area contributed by atoms with E-state index in [2.05, 4.69) is 11.9 Å². The summed E-state index contributed by atoms with van der Waals surface area (Å²) in [6.07, 6.45) is 3.86. The van der Waals surface area contributed by atoms with Crippen LogP contribution >= 0.6 is 0 Å². The summed E-state index contributed by atoms with van der Waals surface area (Å²) in [5.74, 6) is -1.34. The van der Waals surface area contributed by atoms with Gasteiger partial charge in [0.2, 0.25) is 5.91 Å². The van der Waals surface area contributed by atoms with Gasteiger partial charge in [0, 0.05) is 6.04 Å². The SMILES string of the molecule is C=CCC(N)C(=O)NC1CCC(C(=O)O)C1. The van der Waals surface area contributed by atoms with E-state index in [1.165, 1.54) is 0 Å². The van der Waals surface area contributed by atoms with E-state index in [1.807, 2.05) is 0 Å². The molecule has 5 heteroatoms. The molecule has 0 bridgehead atoms. The van der Waals surface area contributed by atoms with Crippen LogP contribution in [-0.4, -0.2) is 29.1 Å². The Kier molecular flexibility index (Phi) is 4.49. The smallest absolute Gasteiger partial charge is 0.306 e. The zero-order valence-corrected chi connectivity index (χ0v) is 9.19. The third kappa shape index (κ3) is 3.34. The minimum Gasteiger partial charge on any atom is -0.481 e. The summed E-state index contributed by atoms with van der Waals surface area (Å²) < 4.78 is 0. The lowest BCUT2D eigenvalue weighted by atomic mass is 10.1. The fraction of sp³-hybridized carbons (Fsp3) is 0.636. The average Bonchev–Trinajstić information content (AvgIpc) is 2.66. The molecular formula is C11H18N2O3. The number of aliphatic carboxylic acids is 1. The van der Waals surface area contributed by atoms with Gasteiger partial charge in [-0.1, -0.05) is 6.08 Å². The third-order valence-electron chi connectivity index (χ3n) is 2.89. The first-order valence-electron chi connectivity index (χ1n) is 5.44. The second kappa shape index (κ2) is 5.65. The molecule has 1 aliphatic carbocycles. The highest BCUT2D eigenvalue weighted by Gasteiger charge is 2.31. The van der Waals surface area contributed by atoms with Gasteiger partial charge >= 0.3 is 5.97 Å². The van der Waals surface area contributed by atoms with E-state index in [0.717, 1.165) is 0 Å². The molecule has 16 heavy (non-hydrogen) atoms. The second-order valence-electron chi connectivity index (χ2n) is 4.18. The highest BCUT2D eigenvalue weighted by molar-refractivity contribution is 5.82. The molecule has 0 spiro atoms. The molecule has 3 atom stereocenters. The lowest BCUT2D eigenvalue weighted by molar-refractivity contribution is -0.141. The molecule has 1 saturated carbocycles. The second-order valence-corrected chi connectivity index (χ2v) is 4.18. The molecule has 1 amide bonds. The van der Waals surface area contributed by atoms with E-state index in [4.69, 9.17) is 10.8 Å². The van der Waals surface area contributed by atoms with Crippen LogP contribution in [-0.2, 0) is 9.59 Å². The predicted octanol–water partition coefficient (Wildman–Crippen LogP) is 0.259. The maximum absolute atomic E-state index is 11.5. The summed E-state index contributed by atoms with van der Waals surface area (Å²) in [6.45, 7) is 3.51. The number of carbonyl (C=O) groups is 2. The van der Waals surface area contributed by atoms with Crippen molar-refractivity contribution in [2.45, 2.75) is 37.8 Å². The van der Waals surface area contributed by atoms with Crippen LogP contribution in [0, 0.1) is 5.92 Å². The van der Waals surface area contributed by atoms with E-state index < -0.39 is 12.0 Å². The van der Waals surface area contributed by atoms with Gasteiger partial charge in [-0.3, -0.25) is 9.59 Å². The summed E-state index contributed by atoms with van der Waals surface area (Å²) in [5, 5.41) is 11.6. The molecule has 1 rings (SSSR count). The number of carbonyl (C=O) groups excluding carboxylic acids is 1. The minimum atomic E-state index is -0.785. The van der Waals surface area contributed by atoms with Crippen LogP contribution in [0.3, 0.4) is 0 Å². The molecule has 0 radical (unpaired) electrons. The molecule has 4 N–H and O–H groups in total. The molecule has 1 aliphatic rings. The van der Waals surface area contributed by atoms with Crippen molar-refractivity contribution in [3.8, 4) is 0 Å². The molecule has 5 nitrogen and oxygen atoms in total. The van der Waals surface area contributed by atoms with Gasteiger partial charge in [0.25, 0.3) is 0 Å². The minimum absolute atomic E-state index is 0.0514. The van der Waals surface area contributed by atoms with Crippen molar-refractivity contribution < 1.29 is 14.7 Å². The van der Waals surface area contributed by atoms with Crippen LogP contribution in [0.15, 0.2) is 12.7 Å². The number of carboxylic acids is 1. The highest BCUT2D eigenvalue weighted by atomic mass is 16.4. The Morgan fingerprint density at radius 2 is 2.25 bits per heavy atom. The van der Waals surface area contributed by atoms with Crippen LogP contribution in [0.2, 0.25) is 0 Å².